The van der Waals surface area contributed by atoms with Gasteiger partial charge in [0.25, 0.3) is 5.69 Å². The van der Waals surface area contributed by atoms with Gasteiger partial charge in [0, 0.05) is 24.4 Å². The van der Waals surface area contributed by atoms with Crippen LogP contribution >= 0.6 is 12.2 Å². The van der Waals surface area contributed by atoms with Gasteiger partial charge in [0.2, 0.25) is 0 Å². The predicted octanol–water partition coefficient (Wildman–Crippen LogP) is 2.93. The standard InChI is InChI=1S/C12H17N3O2S/c1-9(2)6-7-13-12(18)14-10-4-3-5-11(8-10)15(16)17/h3-5,8-9H,6-7H2,1-2H3,(H2,13,14,18). The van der Waals surface area contributed by atoms with Gasteiger partial charge in [-0.3, -0.25) is 10.1 Å². The van der Waals surface area contributed by atoms with Crippen molar-refractivity contribution in [3.05, 3.63) is 34.4 Å². The number of non-ortho nitro benzene ring substituents is 1. The summed E-state index contributed by atoms with van der Waals surface area (Å²) in [6.07, 6.45) is 1.02. The number of benzene rings is 1. The second-order valence-corrected chi connectivity index (χ2v) is 4.78. The molecule has 0 bridgehead atoms. The number of hydrogen-bond donors (Lipinski definition) is 2. The fraction of sp³-hybridized carbons (Fsp3) is 0.417. The predicted molar refractivity (Wildman–Crippen MR) is 76.8 cm³/mol. The molecule has 0 saturated heterocycles. The van der Waals surface area contributed by atoms with E-state index in [1.165, 1.54) is 12.1 Å². The summed E-state index contributed by atoms with van der Waals surface area (Å²) in [6, 6.07) is 6.26. The summed E-state index contributed by atoms with van der Waals surface area (Å²) in [4.78, 5) is 10.2. The second-order valence-electron chi connectivity index (χ2n) is 4.37. The summed E-state index contributed by atoms with van der Waals surface area (Å²) in [5.41, 5.74) is 0.663. The van der Waals surface area contributed by atoms with Crippen LogP contribution in [-0.4, -0.2) is 16.6 Å². The third kappa shape index (κ3) is 5.09. The molecule has 6 heteroatoms. The Morgan fingerprint density at radius 1 is 1.50 bits per heavy atom. The maximum atomic E-state index is 10.6. The number of rotatable bonds is 5. The van der Waals surface area contributed by atoms with Crippen molar-refractivity contribution in [3.8, 4) is 0 Å². The third-order valence-corrected chi connectivity index (χ3v) is 2.57. The Morgan fingerprint density at radius 3 is 2.83 bits per heavy atom. The Bertz CT molecular complexity index is 435. The quantitative estimate of drug-likeness (QED) is 0.488. The number of hydrogen-bond acceptors (Lipinski definition) is 3. The van der Waals surface area contributed by atoms with Gasteiger partial charge in [-0.25, -0.2) is 0 Å². The van der Waals surface area contributed by atoms with E-state index in [4.69, 9.17) is 12.2 Å². The van der Waals surface area contributed by atoms with E-state index in [1.54, 1.807) is 12.1 Å². The van der Waals surface area contributed by atoms with E-state index in [2.05, 4.69) is 24.5 Å². The molecule has 18 heavy (non-hydrogen) atoms. The summed E-state index contributed by atoms with van der Waals surface area (Å²) in [5.74, 6) is 0.609. The SMILES string of the molecule is CC(C)CCNC(=S)Nc1cccc([N+](=O)[O-])c1. The van der Waals surface area contributed by atoms with Crippen LogP contribution < -0.4 is 10.6 Å². The number of nitro groups is 1. The molecule has 1 aromatic carbocycles. The van der Waals surface area contributed by atoms with Gasteiger partial charge in [0.1, 0.15) is 0 Å². The van der Waals surface area contributed by atoms with Gasteiger partial charge in [0.15, 0.2) is 5.11 Å². The van der Waals surface area contributed by atoms with E-state index in [9.17, 15) is 10.1 Å². The molecule has 0 aliphatic carbocycles. The lowest BCUT2D eigenvalue weighted by Gasteiger charge is -2.11. The molecule has 0 unspecified atom stereocenters. The molecule has 1 aromatic rings. The maximum Gasteiger partial charge on any atom is 0.271 e. The van der Waals surface area contributed by atoms with Gasteiger partial charge in [0.05, 0.1) is 4.92 Å². The van der Waals surface area contributed by atoms with Crippen molar-refractivity contribution in [2.24, 2.45) is 5.92 Å². The molecule has 0 radical (unpaired) electrons. The number of nitrogens with one attached hydrogen (secondary N) is 2. The van der Waals surface area contributed by atoms with E-state index in [-0.39, 0.29) is 5.69 Å². The molecule has 0 amide bonds. The first kappa shape index (κ1) is 14.4. The summed E-state index contributed by atoms with van der Waals surface area (Å²) >= 11 is 5.10. The monoisotopic (exact) mass is 267 g/mol. The molecular weight excluding hydrogens is 250 g/mol. The number of thiocarbonyl (C=S) groups is 1. The number of nitro benzene ring substituents is 1. The van der Waals surface area contributed by atoms with Gasteiger partial charge in [-0.15, -0.1) is 0 Å². The normalized spacial score (nSPS) is 10.2. The highest BCUT2D eigenvalue weighted by atomic mass is 32.1. The first-order valence-electron chi connectivity index (χ1n) is 5.78. The van der Waals surface area contributed by atoms with Crippen molar-refractivity contribution in [1.29, 1.82) is 0 Å². The van der Waals surface area contributed by atoms with E-state index < -0.39 is 4.92 Å². The number of nitrogens with zero attached hydrogens (tertiary/aromatic N) is 1. The minimum absolute atomic E-state index is 0.0463. The fourth-order valence-electron chi connectivity index (χ4n) is 1.35. The molecule has 0 atom stereocenters. The summed E-state index contributed by atoms with van der Waals surface area (Å²) in [7, 11) is 0. The lowest BCUT2D eigenvalue weighted by molar-refractivity contribution is -0.384. The minimum atomic E-state index is -0.430. The maximum absolute atomic E-state index is 10.6. The molecule has 0 saturated carbocycles. The first-order chi connectivity index (χ1) is 8.49. The summed E-state index contributed by atoms with van der Waals surface area (Å²) in [5, 5.41) is 17.1. The highest BCUT2D eigenvalue weighted by Gasteiger charge is 2.06. The molecule has 5 nitrogen and oxygen atoms in total. The van der Waals surface area contributed by atoms with Gasteiger partial charge in [-0.05, 0) is 30.6 Å². The van der Waals surface area contributed by atoms with E-state index in [0.717, 1.165) is 13.0 Å². The fourth-order valence-corrected chi connectivity index (χ4v) is 1.57. The van der Waals surface area contributed by atoms with Crippen LogP contribution in [0.2, 0.25) is 0 Å². The first-order valence-corrected chi connectivity index (χ1v) is 6.19. The lowest BCUT2D eigenvalue weighted by Crippen LogP contribution is -2.29. The van der Waals surface area contributed by atoms with Crippen molar-refractivity contribution < 1.29 is 4.92 Å². The van der Waals surface area contributed by atoms with Crippen molar-refractivity contribution in [1.82, 2.24) is 5.32 Å². The molecular formula is C12H17N3O2S. The minimum Gasteiger partial charge on any atom is -0.362 e. The van der Waals surface area contributed by atoms with Crippen LogP contribution in [0.5, 0.6) is 0 Å². The van der Waals surface area contributed by atoms with Crippen molar-refractivity contribution in [2.45, 2.75) is 20.3 Å². The highest BCUT2D eigenvalue weighted by Crippen LogP contribution is 2.16. The molecule has 2 N–H and O–H groups in total. The lowest BCUT2D eigenvalue weighted by atomic mass is 10.1. The molecule has 0 spiro atoms. The zero-order chi connectivity index (χ0) is 13.5. The van der Waals surface area contributed by atoms with Gasteiger partial charge >= 0.3 is 0 Å². The Labute approximate surface area is 112 Å². The van der Waals surface area contributed by atoms with Crippen molar-refractivity contribution in [3.63, 3.8) is 0 Å². The van der Waals surface area contributed by atoms with Gasteiger partial charge in [-0.2, -0.15) is 0 Å². The Balaban J connectivity index is 2.49. The van der Waals surface area contributed by atoms with Crippen LogP contribution in [0.1, 0.15) is 20.3 Å². The molecule has 0 heterocycles. The van der Waals surface area contributed by atoms with Gasteiger partial charge in [-0.1, -0.05) is 19.9 Å². The van der Waals surface area contributed by atoms with Crippen molar-refractivity contribution >= 4 is 28.7 Å². The zero-order valence-electron chi connectivity index (χ0n) is 10.5. The van der Waals surface area contributed by atoms with E-state index in [1.807, 2.05) is 0 Å². The smallest absolute Gasteiger partial charge is 0.271 e. The average molecular weight is 267 g/mol. The molecule has 1 rings (SSSR count). The third-order valence-electron chi connectivity index (χ3n) is 2.32. The van der Waals surface area contributed by atoms with Crippen LogP contribution in [0, 0.1) is 16.0 Å². The largest absolute Gasteiger partial charge is 0.362 e. The molecule has 0 aliphatic rings. The van der Waals surface area contributed by atoms with Crippen LogP contribution in [0.15, 0.2) is 24.3 Å². The zero-order valence-corrected chi connectivity index (χ0v) is 11.3. The molecule has 0 aromatic heterocycles. The van der Waals surface area contributed by atoms with Crippen LogP contribution in [-0.2, 0) is 0 Å². The highest BCUT2D eigenvalue weighted by molar-refractivity contribution is 7.80. The van der Waals surface area contributed by atoms with Gasteiger partial charge < -0.3 is 10.6 Å². The molecule has 0 fully saturated rings. The number of anilines is 1. The van der Waals surface area contributed by atoms with E-state index in [0.29, 0.717) is 16.7 Å². The van der Waals surface area contributed by atoms with E-state index >= 15 is 0 Å². The van der Waals surface area contributed by atoms with Crippen molar-refractivity contribution in [2.75, 3.05) is 11.9 Å². The Kier molecular flexibility index (Phi) is 5.51. The summed E-state index contributed by atoms with van der Waals surface area (Å²) in [6.45, 7) is 5.07. The summed E-state index contributed by atoms with van der Waals surface area (Å²) < 4.78 is 0. The second kappa shape index (κ2) is 6.90. The topological polar surface area (TPSA) is 67.2 Å². The van der Waals surface area contributed by atoms with Crippen LogP contribution in [0.4, 0.5) is 11.4 Å². The Morgan fingerprint density at radius 2 is 2.22 bits per heavy atom. The molecule has 0 aliphatic heterocycles. The average Bonchev–Trinajstić information content (AvgIpc) is 2.28. The molecule has 98 valence electrons. The Hall–Kier alpha value is -1.69. The van der Waals surface area contributed by atoms with Crippen LogP contribution in [0.25, 0.3) is 0 Å². The van der Waals surface area contributed by atoms with Crippen LogP contribution in [0.3, 0.4) is 0 Å².